The molecule has 1 aliphatic rings. The highest BCUT2D eigenvalue weighted by Gasteiger charge is 2.14. The van der Waals surface area contributed by atoms with Crippen LogP contribution in [0.4, 0.5) is 5.69 Å². The van der Waals surface area contributed by atoms with Crippen LogP contribution in [0, 0.1) is 0 Å². The Balaban J connectivity index is 1.37. The number of nitrogens with zero attached hydrogens (tertiary/aromatic N) is 1. The van der Waals surface area contributed by atoms with Crippen LogP contribution < -0.4 is 10.1 Å². The van der Waals surface area contributed by atoms with Crippen molar-refractivity contribution in [3.05, 3.63) is 78.9 Å². The van der Waals surface area contributed by atoms with E-state index in [1.165, 1.54) is 32.4 Å². The van der Waals surface area contributed by atoms with Crippen LogP contribution in [0.3, 0.4) is 0 Å². The van der Waals surface area contributed by atoms with Crippen molar-refractivity contribution in [3.63, 3.8) is 0 Å². The van der Waals surface area contributed by atoms with Gasteiger partial charge >= 0.3 is 0 Å². The summed E-state index contributed by atoms with van der Waals surface area (Å²) >= 11 is 0. The van der Waals surface area contributed by atoms with Crippen molar-refractivity contribution in [2.75, 3.05) is 31.5 Å². The third-order valence-corrected chi connectivity index (χ3v) is 6.39. The molecule has 34 heavy (non-hydrogen) atoms. The Labute approximate surface area is 200 Å². The molecule has 0 spiro atoms. The number of likely N-dealkylation sites (tertiary alicyclic amines) is 1. The number of phenolic OH excluding ortho intramolecular Hbond substituents is 2. The molecule has 0 bridgehead atoms. The second-order valence-corrected chi connectivity index (χ2v) is 8.85. The number of hydrogen-bond acceptors (Lipinski definition) is 5. The van der Waals surface area contributed by atoms with E-state index in [0.29, 0.717) is 5.75 Å². The van der Waals surface area contributed by atoms with Crippen LogP contribution in [0.25, 0.3) is 21.9 Å². The molecule has 5 heteroatoms. The van der Waals surface area contributed by atoms with Crippen molar-refractivity contribution in [3.8, 4) is 34.1 Å². The summed E-state index contributed by atoms with van der Waals surface area (Å²) in [5.74, 6) is 1.83. The summed E-state index contributed by atoms with van der Waals surface area (Å²) in [5, 5.41) is 25.2. The van der Waals surface area contributed by atoms with Crippen molar-refractivity contribution in [1.29, 1.82) is 0 Å². The van der Waals surface area contributed by atoms with Gasteiger partial charge in [-0.1, -0.05) is 24.6 Å². The van der Waals surface area contributed by atoms with E-state index < -0.39 is 0 Å². The van der Waals surface area contributed by atoms with Crippen molar-refractivity contribution < 1.29 is 14.9 Å². The first-order valence-electron chi connectivity index (χ1n) is 11.9. The molecule has 174 valence electrons. The maximum absolute atomic E-state index is 10.0. The van der Waals surface area contributed by atoms with E-state index in [2.05, 4.69) is 10.2 Å². The molecule has 0 aliphatic carbocycles. The highest BCUT2D eigenvalue weighted by molar-refractivity contribution is 5.96. The largest absolute Gasteiger partial charge is 0.508 e. The van der Waals surface area contributed by atoms with Crippen LogP contribution in [-0.2, 0) is 0 Å². The van der Waals surface area contributed by atoms with Crippen LogP contribution in [0.5, 0.6) is 23.0 Å². The van der Waals surface area contributed by atoms with Gasteiger partial charge in [0.1, 0.15) is 23.0 Å². The lowest BCUT2D eigenvalue weighted by molar-refractivity contribution is 0.237. The molecule has 5 rings (SSSR count). The topological polar surface area (TPSA) is 65.0 Å². The van der Waals surface area contributed by atoms with Crippen molar-refractivity contribution in [1.82, 2.24) is 4.90 Å². The van der Waals surface area contributed by atoms with Crippen LogP contribution in [0.1, 0.15) is 19.3 Å². The number of anilines is 1. The van der Waals surface area contributed by atoms with Gasteiger partial charge in [-0.3, -0.25) is 0 Å². The second-order valence-electron chi connectivity index (χ2n) is 8.85. The number of ether oxygens (including phenoxy) is 1. The van der Waals surface area contributed by atoms with Gasteiger partial charge in [0.2, 0.25) is 0 Å². The number of benzene rings is 4. The molecular formula is C29H30N2O3. The molecule has 0 saturated carbocycles. The molecule has 1 saturated heterocycles. The fourth-order valence-electron chi connectivity index (χ4n) is 4.60. The standard InChI is InChI=1S/C29H30N2O3/c32-24-6-4-5-21(19-24)27-13-7-22-20-25(33)10-14-28(22)29(27)34-26-11-8-23(9-12-26)30-15-18-31-16-2-1-3-17-31/h4-14,19-20,30,32-33H,1-3,15-18H2. The number of nitrogens with one attached hydrogen (secondary N) is 1. The number of aromatic hydroxyl groups is 2. The number of rotatable bonds is 7. The SMILES string of the molecule is Oc1cccc(-c2ccc3cc(O)ccc3c2Oc2ccc(NCCN3CCCCC3)cc2)c1. The monoisotopic (exact) mass is 454 g/mol. The van der Waals surface area contributed by atoms with Gasteiger partial charge in [-0.15, -0.1) is 0 Å². The number of fused-ring (bicyclic) bond motifs is 1. The van der Waals surface area contributed by atoms with Crippen LogP contribution in [0.15, 0.2) is 78.9 Å². The fourth-order valence-corrected chi connectivity index (χ4v) is 4.60. The third-order valence-electron chi connectivity index (χ3n) is 6.39. The Bertz CT molecular complexity index is 1260. The summed E-state index contributed by atoms with van der Waals surface area (Å²) in [6, 6.07) is 24.3. The molecule has 3 N–H and O–H groups in total. The third kappa shape index (κ3) is 5.10. The normalized spacial score (nSPS) is 14.2. The fraction of sp³-hybridized carbons (Fsp3) is 0.241. The first-order chi connectivity index (χ1) is 16.7. The summed E-state index contributed by atoms with van der Waals surface area (Å²) in [6.45, 7) is 4.40. The van der Waals surface area contributed by atoms with E-state index >= 15 is 0 Å². The number of piperidine rings is 1. The lowest BCUT2D eigenvalue weighted by Gasteiger charge is -2.26. The predicted octanol–water partition coefficient (Wildman–Crippen LogP) is 6.61. The smallest absolute Gasteiger partial charge is 0.143 e. The van der Waals surface area contributed by atoms with Crippen molar-refractivity contribution in [2.45, 2.75) is 19.3 Å². The summed E-state index contributed by atoms with van der Waals surface area (Å²) in [7, 11) is 0. The van der Waals surface area contributed by atoms with Crippen LogP contribution in [0.2, 0.25) is 0 Å². The van der Waals surface area contributed by atoms with Crippen molar-refractivity contribution in [2.24, 2.45) is 0 Å². The van der Waals surface area contributed by atoms with E-state index in [1.54, 1.807) is 24.3 Å². The summed E-state index contributed by atoms with van der Waals surface area (Å²) < 4.78 is 6.41. The molecule has 1 aliphatic heterocycles. The maximum atomic E-state index is 10.0. The summed E-state index contributed by atoms with van der Waals surface area (Å²) in [4.78, 5) is 2.52. The molecule has 1 heterocycles. The molecule has 5 nitrogen and oxygen atoms in total. The Hall–Kier alpha value is -3.70. The molecular weight excluding hydrogens is 424 g/mol. The summed E-state index contributed by atoms with van der Waals surface area (Å²) in [6.07, 6.45) is 3.98. The van der Waals surface area contributed by atoms with Gasteiger partial charge in [0.25, 0.3) is 0 Å². The number of hydrogen-bond donors (Lipinski definition) is 3. The highest BCUT2D eigenvalue weighted by atomic mass is 16.5. The van der Waals surface area contributed by atoms with E-state index in [9.17, 15) is 10.2 Å². The predicted molar refractivity (Wildman–Crippen MR) is 138 cm³/mol. The zero-order valence-electron chi connectivity index (χ0n) is 19.2. The van der Waals surface area contributed by atoms with E-state index in [1.807, 2.05) is 54.6 Å². The summed E-state index contributed by atoms with van der Waals surface area (Å²) in [5.41, 5.74) is 2.80. The zero-order chi connectivity index (χ0) is 23.3. The first-order valence-corrected chi connectivity index (χ1v) is 11.9. The van der Waals surface area contributed by atoms with Gasteiger partial charge in [0, 0.05) is 29.7 Å². The molecule has 0 atom stereocenters. The Morgan fingerprint density at radius 1 is 0.794 bits per heavy atom. The average molecular weight is 455 g/mol. The molecule has 0 unspecified atom stereocenters. The van der Waals surface area contributed by atoms with Gasteiger partial charge < -0.3 is 25.2 Å². The van der Waals surface area contributed by atoms with Gasteiger partial charge in [-0.25, -0.2) is 0 Å². The Morgan fingerprint density at radius 2 is 1.59 bits per heavy atom. The molecule has 0 radical (unpaired) electrons. The van der Waals surface area contributed by atoms with Crippen molar-refractivity contribution >= 4 is 16.5 Å². The zero-order valence-corrected chi connectivity index (χ0v) is 19.2. The van der Waals surface area contributed by atoms with Crippen LogP contribution >= 0.6 is 0 Å². The van der Waals surface area contributed by atoms with Crippen LogP contribution in [-0.4, -0.2) is 41.3 Å². The van der Waals surface area contributed by atoms with Gasteiger partial charge in [-0.2, -0.15) is 0 Å². The molecule has 1 fully saturated rings. The minimum Gasteiger partial charge on any atom is -0.508 e. The number of phenols is 2. The second kappa shape index (κ2) is 10.1. The highest BCUT2D eigenvalue weighted by Crippen LogP contribution is 2.41. The van der Waals surface area contributed by atoms with Gasteiger partial charge in [-0.05, 0) is 97.5 Å². The first kappa shape index (κ1) is 22.1. The van der Waals surface area contributed by atoms with E-state index in [4.69, 9.17) is 4.74 Å². The van der Waals surface area contributed by atoms with Gasteiger partial charge in [0.05, 0.1) is 0 Å². The molecule has 0 amide bonds. The minimum absolute atomic E-state index is 0.203. The lowest BCUT2D eigenvalue weighted by Crippen LogP contribution is -2.33. The Kier molecular flexibility index (Phi) is 6.54. The molecule has 0 aromatic heterocycles. The van der Waals surface area contributed by atoms with E-state index in [0.717, 1.165) is 46.4 Å². The quantitative estimate of drug-likeness (QED) is 0.293. The van der Waals surface area contributed by atoms with E-state index in [-0.39, 0.29) is 11.5 Å². The van der Waals surface area contributed by atoms with Gasteiger partial charge in [0.15, 0.2) is 0 Å². The molecule has 4 aromatic rings. The minimum atomic E-state index is 0.203. The average Bonchev–Trinajstić information content (AvgIpc) is 2.86. The molecule has 4 aromatic carbocycles. The maximum Gasteiger partial charge on any atom is 0.143 e. The lowest BCUT2D eigenvalue weighted by atomic mass is 9.99. The Morgan fingerprint density at radius 3 is 2.38 bits per heavy atom.